The lowest BCUT2D eigenvalue weighted by Gasteiger charge is -2.32. The van der Waals surface area contributed by atoms with Crippen molar-refractivity contribution in [2.75, 3.05) is 4.90 Å². The summed E-state index contributed by atoms with van der Waals surface area (Å²) in [6.45, 7) is 5.83. The number of aromatic nitrogens is 2. The molecular weight excluding hydrogens is 522 g/mol. The highest BCUT2D eigenvalue weighted by Crippen LogP contribution is 2.56. The van der Waals surface area contributed by atoms with Crippen molar-refractivity contribution in [2.24, 2.45) is 17.8 Å². The molecule has 10 nitrogen and oxygen atoms in total. The molecule has 2 saturated heterocycles. The Bertz CT molecular complexity index is 1880. The number of nitro groups is 1. The van der Waals surface area contributed by atoms with Crippen molar-refractivity contribution >= 4 is 34.1 Å². The van der Waals surface area contributed by atoms with Crippen LogP contribution in [0, 0.1) is 34.8 Å². The molecule has 4 aromatic rings. The number of imide groups is 1. The van der Waals surface area contributed by atoms with Crippen molar-refractivity contribution in [1.29, 1.82) is 0 Å². The van der Waals surface area contributed by atoms with Crippen LogP contribution in [0.5, 0.6) is 0 Å². The second-order valence-corrected chi connectivity index (χ2v) is 11.5. The lowest BCUT2D eigenvalue weighted by Crippen LogP contribution is -2.50. The summed E-state index contributed by atoms with van der Waals surface area (Å²) in [4.78, 5) is 59.9. The van der Waals surface area contributed by atoms with E-state index < -0.39 is 40.2 Å². The number of anilines is 1. The number of nitrogens with one attached hydrogen (secondary N) is 1. The maximum absolute atomic E-state index is 14.6. The van der Waals surface area contributed by atoms with E-state index in [2.05, 4.69) is 19.2 Å². The van der Waals surface area contributed by atoms with Crippen molar-refractivity contribution in [2.45, 2.75) is 38.8 Å². The van der Waals surface area contributed by atoms with E-state index in [1.165, 1.54) is 12.1 Å². The molecule has 0 bridgehead atoms. The second-order valence-electron chi connectivity index (χ2n) is 11.5. The van der Waals surface area contributed by atoms with Crippen LogP contribution in [-0.2, 0) is 15.1 Å². The van der Waals surface area contributed by atoms with Gasteiger partial charge in [-0.15, -0.1) is 0 Å². The van der Waals surface area contributed by atoms with Crippen LogP contribution in [-0.4, -0.2) is 32.3 Å². The Kier molecular flexibility index (Phi) is 5.33. The van der Waals surface area contributed by atoms with Crippen molar-refractivity contribution in [3.63, 3.8) is 0 Å². The molecule has 41 heavy (non-hydrogen) atoms. The number of carbonyl (C=O) groups excluding carboxylic acids is 2. The summed E-state index contributed by atoms with van der Waals surface area (Å²) in [5.41, 5.74) is 0.913. The number of rotatable bonds is 4. The van der Waals surface area contributed by atoms with E-state index in [4.69, 9.17) is 4.98 Å². The van der Waals surface area contributed by atoms with Crippen LogP contribution < -0.4 is 15.8 Å². The van der Waals surface area contributed by atoms with Gasteiger partial charge in [-0.3, -0.25) is 34.4 Å². The molecule has 1 spiro atoms. The average Bonchev–Trinajstić information content (AvgIpc) is 3.52. The number of para-hydroxylation sites is 2. The minimum atomic E-state index is -1.25. The third-order valence-corrected chi connectivity index (χ3v) is 8.73. The first kappa shape index (κ1) is 25.3. The van der Waals surface area contributed by atoms with E-state index in [1.54, 1.807) is 35.8 Å². The fraction of sp³-hybridized carbons (Fsp3) is 0.290. The quantitative estimate of drug-likeness (QED) is 0.232. The molecule has 3 aliphatic rings. The second kappa shape index (κ2) is 8.65. The van der Waals surface area contributed by atoms with Crippen LogP contribution in [0.4, 0.5) is 11.4 Å². The van der Waals surface area contributed by atoms with Crippen molar-refractivity contribution in [3.05, 3.63) is 104 Å². The minimum Gasteiger partial charge on any atom is -0.297 e. The number of nitro benzene ring substituents is 1. The molecule has 0 radical (unpaired) electrons. The predicted molar refractivity (Wildman–Crippen MR) is 152 cm³/mol. The zero-order valence-electron chi connectivity index (χ0n) is 22.7. The third kappa shape index (κ3) is 3.28. The Morgan fingerprint density at radius 2 is 1.73 bits per heavy atom. The van der Waals surface area contributed by atoms with Crippen molar-refractivity contribution < 1.29 is 14.5 Å². The van der Waals surface area contributed by atoms with Gasteiger partial charge in [0.1, 0.15) is 11.4 Å². The Balaban J connectivity index is 1.51. The zero-order chi connectivity index (χ0) is 28.8. The largest absolute Gasteiger partial charge is 0.297 e. The molecule has 1 N–H and O–H groups in total. The maximum atomic E-state index is 14.6. The summed E-state index contributed by atoms with van der Waals surface area (Å²) in [5, 5.41) is 15.7. The number of hydrogen-bond donors (Lipinski definition) is 1. The minimum absolute atomic E-state index is 0.197. The van der Waals surface area contributed by atoms with E-state index in [0.717, 1.165) is 4.90 Å². The lowest BCUT2D eigenvalue weighted by atomic mass is 9.75. The molecule has 3 aromatic carbocycles. The van der Waals surface area contributed by atoms with E-state index in [0.29, 0.717) is 40.0 Å². The van der Waals surface area contributed by atoms with E-state index in [1.807, 2.05) is 30.3 Å². The molecule has 4 atom stereocenters. The highest BCUT2D eigenvalue weighted by atomic mass is 16.6. The number of non-ortho nitro benzene ring substituents is 1. The summed E-state index contributed by atoms with van der Waals surface area (Å²) in [6.07, 6.45) is 0.601. The lowest BCUT2D eigenvalue weighted by molar-refractivity contribution is -0.384. The number of carbonyl (C=O) groups is 2. The molecule has 2 amide bonds. The summed E-state index contributed by atoms with van der Waals surface area (Å²) in [5.74, 6) is -1.97. The standard InChI is InChI=1S/C31H27N5O5/c1-16(2)14-22-25-26(29(39)34(28(25)38)24-15-18(36(40)41)13-12-17(24)3)31(33-22)20-9-5-7-11-23(20)35-27(37)19-8-4-6-10-21(19)32-30(31)35/h4-13,15-16,22,25-26,33H,14H2,1-3H3/t22-,25+,26-,31-/m1/s1. The van der Waals surface area contributed by atoms with E-state index in [9.17, 15) is 24.5 Å². The molecule has 1 aromatic heterocycles. The topological polar surface area (TPSA) is 127 Å². The molecule has 3 aliphatic heterocycles. The SMILES string of the molecule is Cc1ccc([N+](=O)[O-])cc1N1C(=O)[C@H]2[C@@H](CC(C)C)N[C@]3(c4ccccc4-n4c3nc3ccccc3c4=O)[C@H]2C1=O. The summed E-state index contributed by atoms with van der Waals surface area (Å²) >= 11 is 0. The molecule has 10 heteroatoms. The van der Waals surface area contributed by atoms with Crippen LogP contribution >= 0.6 is 0 Å². The molecule has 206 valence electrons. The highest BCUT2D eigenvalue weighted by Gasteiger charge is 2.69. The molecular formula is C31H27N5O5. The van der Waals surface area contributed by atoms with Crippen molar-refractivity contribution in [3.8, 4) is 5.69 Å². The van der Waals surface area contributed by atoms with Gasteiger partial charge in [-0.2, -0.15) is 0 Å². The smallest absolute Gasteiger partial charge is 0.271 e. The van der Waals surface area contributed by atoms with Gasteiger partial charge in [0.05, 0.1) is 39.0 Å². The first-order chi connectivity index (χ1) is 19.6. The van der Waals surface area contributed by atoms with Crippen molar-refractivity contribution in [1.82, 2.24) is 14.9 Å². The normalized spacial score (nSPS) is 24.4. The average molecular weight is 550 g/mol. The molecule has 0 aliphatic carbocycles. The number of amides is 2. The number of benzene rings is 3. The van der Waals surface area contributed by atoms with Gasteiger partial charge in [-0.1, -0.05) is 50.2 Å². The van der Waals surface area contributed by atoms with E-state index in [-0.39, 0.29) is 22.9 Å². The summed E-state index contributed by atoms with van der Waals surface area (Å²) in [7, 11) is 0. The van der Waals surface area contributed by atoms with Gasteiger partial charge >= 0.3 is 0 Å². The first-order valence-corrected chi connectivity index (χ1v) is 13.7. The third-order valence-electron chi connectivity index (χ3n) is 8.73. The van der Waals surface area contributed by atoms with Crippen LogP contribution in [0.1, 0.15) is 37.2 Å². The molecule has 7 rings (SSSR count). The fourth-order valence-electron chi connectivity index (χ4n) is 7.12. The number of aryl methyl sites for hydroxylation is 1. The first-order valence-electron chi connectivity index (χ1n) is 13.7. The van der Waals surface area contributed by atoms with Gasteiger partial charge in [-0.05, 0) is 43.0 Å². The number of fused-ring (bicyclic) bond motifs is 8. The van der Waals surface area contributed by atoms with Crippen LogP contribution in [0.2, 0.25) is 0 Å². The summed E-state index contributed by atoms with van der Waals surface area (Å²) < 4.78 is 1.57. The number of hydrogen-bond acceptors (Lipinski definition) is 7. The van der Waals surface area contributed by atoms with Gasteiger partial charge in [0.15, 0.2) is 0 Å². The zero-order valence-corrected chi connectivity index (χ0v) is 22.7. The van der Waals surface area contributed by atoms with E-state index >= 15 is 0 Å². The monoisotopic (exact) mass is 549 g/mol. The van der Waals surface area contributed by atoms with Gasteiger partial charge < -0.3 is 0 Å². The predicted octanol–water partition coefficient (Wildman–Crippen LogP) is 3.98. The van der Waals surface area contributed by atoms with Crippen LogP contribution in [0.15, 0.2) is 71.5 Å². The highest BCUT2D eigenvalue weighted by molar-refractivity contribution is 6.23. The Hall–Kier alpha value is -4.70. The van der Waals surface area contributed by atoms with Gasteiger partial charge in [0.2, 0.25) is 11.8 Å². The molecule has 0 saturated carbocycles. The molecule has 4 heterocycles. The van der Waals surface area contributed by atoms with Gasteiger partial charge in [-0.25, -0.2) is 9.88 Å². The molecule has 2 fully saturated rings. The van der Waals surface area contributed by atoms with Crippen LogP contribution in [0.3, 0.4) is 0 Å². The Morgan fingerprint density at radius 3 is 2.49 bits per heavy atom. The van der Waals surface area contributed by atoms with Crippen LogP contribution in [0.25, 0.3) is 16.6 Å². The molecule has 0 unspecified atom stereocenters. The Labute approximate surface area is 234 Å². The fourth-order valence-corrected chi connectivity index (χ4v) is 7.12. The Morgan fingerprint density at radius 1 is 1.00 bits per heavy atom. The van der Waals surface area contributed by atoms with Gasteiger partial charge in [0.25, 0.3) is 11.2 Å². The maximum Gasteiger partial charge on any atom is 0.271 e. The van der Waals surface area contributed by atoms with Gasteiger partial charge in [0, 0.05) is 23.7 Å². The number of nitrogens with zero attached hydrogens (tertiary/aromatic N) is 4. The summed E-state index contributed by atoms with van der Waals surface area (Å²) in [6, 6.07) is 18.3.